The topological polar surface area (TPSA) is 8.17 Å². The summed E-state index contributed by atoms with van der Waals surface area (Å²) in [6.45, 7) is 0. The molecular formula is C59H40N2. The van der Waals surface area contributed by atoms with E-state index < -0.39 is 5.41 Å². The van der Waals surface area contributed by atoms with Crippen molar-refractivity contribution < 1.29 is 0 Å². The van der Waals surface area contributed by atoms with Crippen molar-refractivity contribution in [3.8, 4) is 27.9 Å². The third kappa shape index (κ3) is 5.50. The third-order valence-corrected chi connectivity index (χ3v) is 12.8. The first-order valence-corrected chi connectivity index (χ1v) is 21.1. The molecule has 0 atom stereocenters. The number of hydrogen-bond donors (Lipinski definition) is 0. The molecule has 2 heteroatoms. The standard InChI is InChI=1S/C59H40N2/c1-5-19-45(20-6-1)59(46-21-7-2-8-22-46)55-28-16-15-27-51(55)52-35-34-50(40-56(52)59)60(47-23-9-3-10-24-47)49-32-29-41(30-33-49)44-31-36-57-53(38-44)54-37-42-17-13-14-18-43(42)39-58(54)61(57)48-25-11-4-12-26-48/h1-40H. The van der Waals surface area contributed by atoms with Gasteiger partial charge >= 0.3 is 0 Å². The summed E-state index contributed by atoms with van der Waals surface area (Å²) in [5.41, 5.74) is 16.5. The molecule has 0 aliphatic heterocycles. The fourth-order valence-electron chi connectivity index (χ4n) is 10.1. The molecule has 0 unspecified atom stereocenters. The second-order valence-electron chi connectivity index (χ2n) is 16.1. The lowest BCUT2D eigenvalue weighted by Gasteiger charge is -2.35. The Morgan fingerprint density at radius 1 is 0.328 bits per heavy atom. The Morgan fingerprint density at radius 2 is 0.852 bits per heavy atom. The van der Waals surface area contributed by atoms with Gasteiger partial charge in [-0.05, 0) is 128 Å². The number of hydrogen-bond acceptors (Lipinski definition) is 1. The number of para-hydroxylation sites is 2. The van der Waals surface area contributed by atoms with E-state index in [1.165, 1.54) is 77.1 Å². The van der Waals surface area contributed by atoms with Gasteiger partial charge in [0.1, 0.15) is 0 Å². The molecule has 0 radical (unpaired) electrons. The second-order valence-corrected chi connectivity index (χ2v) is 16.1. The fraction of sp³-hybridized carbons (Fsp3) is 0.0169. The maximum atomic E-state index is 2.44. The van der Waals surface area contributed by atoms with Gasteiger partial charge in [0, 0.05) is 33.5 Å². The molecule has 0 bridgehead atoms. The van der Waals surface area contributed by atoms with E-state index in [-0.39, 0.29) is 0 Å². The van der Waals surface area contributed by atoms with Crippen molar-refractivity contribution in [2.75, 3.05) is 4.90 Å². The van der Waals surface area contributed by atoms with Gasteiger partial charge in [0.25, 0.3) is 0 Å². The molecule has 0 spiro atoms. The zero-order valence-electron chi connectivity index (χ0n) is 33.5. The van der Waals surface area contributed by atoms with Crippen LogP contribution in [0.1, 0.15) is 22.3 Å². The largest absolute Gasteiger partial charge is 0.310 e. The first kappa shape index (κ1) is 35.0. The zero-order chi connectivity index (χ0) is 40.3. The monoisotopic (exact) mass is 776 g/mol. The van der Waals surface area contributed by atoms with E-state index in [2.05, 4.69) is 252 Å². The number of benzene rings is 10. The molecular weight excluding hydrogens is 737 g/mol. The highest BCUT2D eigenvalue weighted by molar-refractivity contribution is 6.14. The lowest BCUT2D eigenvalue weighted by Crippen LogP contribution is -2.28. The minimum atomic E-state index is -0.481. The van der Waals surface area contributed by atoms with Crippen LogP contribution in [0, 0.1) is 0 Å². The van der Waals surface area contributed by atoms with Crippen LogP contribution < -0.4 is 4.90 Å². The summed E-state index contributed by atoms with van der Waals surface area (Å²) < 4.78 is 2.40. The van der Waals surface area contributed by atoms with Crippen molar-refractivity contribution >= 4 is 49.6 Å². The van der Waals surface area contributed by atoms with Crippen LogP contribution in [0.2, 0.25) is 0 Å². The van der Waals surface area contributed by atoms with Gasteiger partial charge in [-0.2, -0.15) is 0 Å². The lowest BCUT2D eigenvalue weighted by molar-refractivity contribution is 0.768. The lowest BCUT2D eigenvalue weighted by atomic mass is 9.67. The molecule has 0 amide bonds. The summed E-state index contributed by atoms with van der Waals surface area (Å²) in [6.07, 6.45) is 0. The first-order valence-electron chi connectivity index (χ1n) is 21.1. The van der Waals surface area contributed by atoms with E-state index in [0.29, 0.717) is 0 Å². The average Bonchev–Trinajstić information content (AvgIpc) is 3.81. The van der Waals surface area contributed by atoms with Crippen LogP contribution >= 0.6 is 0 Å². The molecule has 2 nitrogen and oxygen atoms in total. The summed E-state index contributed by atoms with van der Waals surface area (Å²) in [5.74, 6) is 0. The van der Waals surface area contributed by atoms with Crippen molar-refractivity contribution in [1.82, 2.24) is 4.57 Å². The first-order chi connectivity index (χ1) is 30.3. The molecule has 1 aliphatic carbocycles. The molecule has 1 heterocycles. The van der Waals surface area contributed by atoms with Crippen LogP contribution in [0.4, 0.5) is 17.1 Å². The highest BCUT2D eigenvalue weighted by Gasteiger charge is 2.46. The quantitative estimate of drug-likeness (QED) is 0.156. The molecule has 0 saturated carbocycles. The van der Waals surface area contributed by atoms with Gasteiger partial charge in [-0.1, -0.05) is 170 Å². The van der Waals surface area contributed by atoms with Gasteiger partial charge in [0.15, 0.2) is 0 Å². The summed E-state index contributed by atoms with van der Waals surface area (Å²) in [6, 6.07) is 89.0. The minimum absolute atomic E-state index is 0.481. The average molecular weight is 777 g/mol. The summed E-state index contributed by atoms with van der Waals surface area (Å²) in [4.78, 5) is 2.40. The minimum Gasteiger partial charge on any atom is -0.310 e. The molecule has 0 N–H and O–H groups in total. The normalized spacial score (nSPS) is 12.7. The SMILES string of the molecule is c1ccc(N(c2ccc(-c3ccc4c(c3)c3cc5ccccc5cc3n4-c3ccccc3)cc2)c2ccc3c(c2)C(c2ccccc2)(c2ccccc2)c2ccccc2-3)cc1. The number of nitrogens with zero attached hydrogens (tertiary/aromatic N) is 2. The molecule has 0 fully saturated rings. The number of fused-ring (bicyclic) bond motifs is 7. The maximum Gasteiger partial charge on any atom is 0.0714 e. The Balaban J connectivity index is 1.00. The Bertz CT molecular complexity index is 3350. The Kier molecular flexibility index (Phi) is 8.11. The van der Waals surface area contributed by atoms with Crippen molar-refractivity contribution in [3.05, 3.63) is 265 Å². The van der Waals surface area contributed by atoms with E-state index in [1.807, 2.05) is 0 Å². The highest BCUT2D eigenvalue weighted by Crippen LogP contribution is 2.57. The smallest absolute Gasteiger partial charge is 0.0714 e. The van der Waals surface area contributed by atoms with Crippen LogP contribution in [0.3, 0.4) is 0 Å². The third-order valence-electron chi connectivity index (χ3n) is 12.8. The van der Waals surface area contributed by atoms with E-state index in [9.17, 15) is 0 Å². The maximum absolute atomic E-state index is 2.44. The Morgan fingerprint density at radius 3 is 1.56 bits per heavy atom. The summed E-state index contributed by atoms with van der Waals surface area (Å²) in [7, 11) is 0. The molecule has 286 valence electrons. The molecule has 1 aliphatic rings. The van der Waals surface area contributed by atoms with Gasteiger partial charge in [0.2, 0.25) is 0 Å². The molecule has 0 saturated heterocycles. The number of aromatic nitrogens is 1. The van der Waals surface area contributed by atoms with Gasteiger partial charge in [0.05, 0.1) is 16.4 Å². The van der Waals surface area contributed by atoms with Crippen molar-refractivity contribution in [1.29, 1.82) is 0 Å². The summed E-state index contributed by atoms with van der Waals surface area (Å²) >= 11 is 0. The van der Waals surface area contributed by atoms with Crippen LogP contribution in [-0.4, -0.2) is 4.57 Å². The van der Waals surface area contributed by atoms with Gasteiger partial charge in [-0.25, -0.2) is 0 Å². The fourth-order valence-corrected chi connectivity index (χ4v) is 10.1. The number of anilines is 3. The van der Waals surface area contributed by atoms with E-state index in [4.69, 9.17) is 0 Å². The van der Waals surface area contributed by atoms with Crippen molar-refractivity contribution in [2.45, 2.75) is 5.41 Å². The molecule has 11 aromatic rings. The summed E-state index contributed by atoms with van der Waals surface area (Å²) in [5, 5.41) is 4.99. The van der Waals surface area contributed by atoms with Crippen LogP contribution in [-0.2, 0) is 5.41 Å². The Labute approximate surface area is 355 Å². The van der Waals surface area contributed by atoms with Crippen LogP contribution in [0.25, 0.3) is 60.5 Å². The van der Waals surface area contributed by atoms with E-state index in [1.54, 1.807) is 0 Å². The van der Waals surface area contributed by atoms with E-state index >= 15 is 0 Å². The zero-order valence-corrected chi connectivity index (χ0v) is 33.5. The molecule has 12 rings (SSSR count). The van der Waals surface area contributed by atoms with Gasteiger partial charge < -0.3 is 9.47 Å². The predicted molar refractivity (Wildman–Crippen MR) is 256 cm³/mol. The molecule has 10 aromatic carbocycles. The van der Waals surface area contributed by atoms with Crippen molar-refractivity contribution in [3.63, 3.8) is 0 Å². The molecule has 1 aromatic heterocycles. The van der Waals surface area contributed by atoms with E-state index in [0.717, 1.165) is 22.7 Å². The highest BCUT2D eigenvalue weighted by atomic mass is 15.1. The van der Waals surface area contributed by atoms with Gasteiger partial charge in [-0.15, -0.1) is 0 Å². The van der Waals surface area contributed by atoms with Crippen LogP contribution in [0.15, 0.2) is 243 Å². The van der Waals surface area contributed by atoms with Crippen LogP contribution in [0.5, 0.6) is 0 Å². The second kappa shape index (κ2) is 14.1. The number of rotatable bonds is 7. The predicted octanol–water partition coefficient (Wildman–Crippen LogP) is 15.4. The van der Waals surface area contributed by atoms with Gasteiger partial charge in [-0.3, -0.25) is 0 Å². The Hall–Kier alpha value is -7.94. The van der Waals surface area contributed by atoms with Crippen molar-refractivity contribution in [2.24, 2.45) is 0 Å². The molecule has 61 heavy (non-hydrogen) atoms.